The van der Waals surface area contributed by atoms with Gasteiger partial charge in [0.15, 0.2) is 11.5 Å². The lowest BCUT2D eigenvalue weighted by Crippen LogP contribution is -2.04. The highest BCUT2D eigenvalue weighted by atomic mass is 79.9. The van der Waals surface area contributed by atoms with Crippen molar-refractivity contribution in [2.45, 2.75) is 20.1 Å². The normalized spacial score (nSPS) is 10.7. The lowest BCUT2D eigenvalue weighted by molar-refractivity contribution is 0.267. The molecule has 29 heavy (non-hydrogen) atoms. The third-order valence-corrected chi connectivity index (χ3v) is 5.62. The fraction of sp³-hybridized carbons (Fsp3) is 0.182. The molecule has 0 aromatic heterocycles. The number of nitrogens with one attached hydrogen (secondary N) is 1. The van der Waals surface area contributed by atoms with E-state index in [0.717, 1.165) is 21.3 Å². The molecule has 0 fully saturated rings. The topological polar surface area (TPSA) is 30.5 Å². The van der Waals surface area contributed by atoms with Crippen molar-refractivity contribution < 1.29 is 9.47 Å². The number of halogens is 4. The summed E-state index contributed by atoms with van der Waals surface area (Å²) < 4.78 is 12.6. The van der Waals surface area contributed by atoms with Gasteiger partial charge in [0.05, 0.1) is 21.8 Å². The van der Waals surface area contributed by atoms with Gasteiger partial charge < -0.3 is 14.8 Å². The molecule has 0 unspecified atom stereocenters. The largest absolute Gasteiger partial charge is 0.490 e. The van der Waals surface area contributed by atoms with Gasteiger partial charge in [-0.25, -0.2) is 0 Å². The Balaban J connectivity index is 1.77. The van der Waals surface area contributed by atoms with Crippen LogP contribution in [0.5, 0.6) is 11.5 Å². The van der Waals surface area contributed by atoms with Gasteiger partial charge in [-0.15, -0.1) is 0 Å². The molecule has 0 aliphatic rings. The van der Waals surface area contributed by atoms with E-state index in [-0.39, 0.29) is 0 Å². The third kappa shape index (κ3) is 5.95. The molecule has 3 nitrogen and oxygen atoms in total. The second kappa shape index (κ2) is 10.4. The minimum atomic E-state index is 0.298. The van der Waals surface area contributed by atoms with Crippen LogP contribution in [0.3, 0.4) is 0 Å². The van der Waals surface area contributed by atoms with Crippen LogP contribution < -0.4 is 14.8 Å². The summed E-state index contributed by atoms with van der Waals surface area (Å²) in [5.74, 6) is 1.28. The standard InChI is InChI=1S/C22H19BrCl3NO2/c1-2-28-21-10-14(12-27-20-6-4-3-5-18(20)25)9-17(23)22(21)29-13-15-7-8-16(24)11-19(15)26/h3-11,27H,2,12-13H2,1H3. The van der Waals surface area contributed by atoms with Crippen LogP contribution in [0.4, 0.5) is 5.69 Å². The number of hydrogen-bond donors (Lipinski definition) is 1. The van der Waals surface area contributed by atoms with Crippen molar-refractivity contribution in [2.24, 2.45) is 0 Å². The molecule has 0 bridgehead atoms. The van der Waals surface area contributed by atoms with Crippen molar-refractivity contribution in [2.75, 3.05) is 11.9 Å². The maximum atomic E-state index is 6.25. The predicted octanol–water partition coefficient (Wildman–Crippen LogP) is 8.00. The van der Waals surface area contributed by atoms with Crippen LogP contribution in [0.25, 0.3) is 0 Å². The van der Waals surface area contributed by atoms with Gasteiger partial charge in [0.2, 0.25) is 0 Å². The van der Waals surface area contributed by atoms with Gasteiger partial charge in [-0.05, 0) is 64.8 Å². The molecule has 0 amide bonds. The molecule has 0 radical (unpaired) electrons. The van der Waals surface area contributed by atoms with E-state index in [1.165, 1.54) is 0 Å². The molecular formula is C22H19BrCl3NO2. The first-order valence-corrected chi connectivity index (χ1v) is 10.9. The molecule has 0 atom stereocenters. The van der Waals surface area contributed by atoms with Crippen molar-refractivity contribution in [3.8, 4) is 11.5 Å². The first kappa shape index (κ1) is 22.1. The third-order valence-electron chi connectivity index (χ3n) is 4.11. The van der Waals surface area contributed by atoms with Crippen LogP contribution in [-0.4, -0.2) is 6.61 Å². The van der Waals surface area contributed by atoms with Gasteiger partial charge in [0.1, 0.15) is 6.61 Å². The van der Waals surface area contributed by atoms with Gasteiger partial charge in [-0.1, -0.05) is 53.0 Å². The van der Waals surface area contributed by atoms with Crippen molar-refractivity contribution >= 4 is 56.4 Å². The van der Waals surface area contributed by atoms with Crippen molar-refractivity contribution in [3.63, 3.8) is 0 Å². The molecule has 0 saturated carbocycles. The molecule has 0 aliphatic heterocycles. The summed E-state index contributed by atoms with van der Waals surface area (Å²) >= 11 is 22.0. The molecule has 3 aromatic carbocycles. The van der Waals surface area contributed by atoms with E-state index < -0.39 is 0 Å². The Labute approximate surface area is 194 Å². The Bertz CT molecular complexity index is 998. The molecule has 152 valence electrons. The maximum Gasteiger partial charge on any atom is 0.175 e. The Hall–Kier alpha value is -1.59. The molecule has 1 N–H and O–H groups in total. The monoisotopic (exact) mass is 513 g/mol. The Kier molecular flexibility index (Phi) is 7.96. The summed E-state index contributed by atoms with van der Waals surface area (Å²) in [7, 11) is 0. The summed E-state index contributed by atoms with van der Waals surface area (Å²) in [6, 6.07) is 16.9. The summed E-state index contributed by atoms with van der Waals surface area (Å²) in [4.78, 5) is 0. The zero-order valence-electron chi connectivity index (χ0n) is 15.6. The van der Waals surface area contributed by atoms with Gasteiger partial charge in [-0.3, -0.25) is 0 Å². The molecule has 0 aliphatic carbocycles. The van der Waals surface area contributed by atoms with E-state index in [1.807, 2.05) is 49.4 Å². The molecular weight excluding hydrogens is 497 g/mol. The average molecular weight is 516 g/mol. The van der Waals surface area contributed by atoms with Crippen LogP contribution in [0, 0.1) is 0 Å². The zero-order chi connectivity index (χ0) is 20.8. The highest BCUT2D eigenvalue weighted by Crippen LogP contribution is 2.38. The number of ether oxygens (including phenoxy) is 2. The minimum absolute atomic E-state index is 0.298. The van der Waals surface area contributed by atoms with E-state index in [2.05, 4.69) is 21.2 Å². The Morgan fingerprint density at radius 1 is 0.931 bits per heavy atom. The van der Waals surface area contributed by atoms with Gasteiger partial charge in [0, 0.05) is 22.2 Å². The average Bonchev–Trinajstić information content (AvgIpc) is 2.68. The lowest BCUT2D eigenvalue weighted by Gasteiger charge is -2.17. The number of hydrogen-bond acceptors (Lipinski definition) is 3. The van der Waals surface area contributed by atoms with Crippen LogP contribution in [-0.2, 0) is 13.2 Å². The van der Waals surface area contributed by atoms with Crippen molar-refractivity contribution in [1.82, 2.24) is 0 Å². The van der Waals surface area contributed by atoms with Crippen LogP contribution in [0.2, 0.25) is 15.1 Å². The summed E-state index contributed by atoms with van der Waals surface area (Å²) in [5, 5.41) is 5.16. The first-order valence-electron chi connectivity index (χ1n) is 8.98. The minimum Gasteiger partial charge on any atom is -0.490 e. The van der Waals surface area contributed by atoms with E-state index in [4.69, 9.17) is 44.3 Å². The molecule has 0 spiro atoms. The highest BCUT2D eigenvalue weighted by molar-refractivity contribution is 9.10. The smallest absolute Gasteiger partial charge is 0.175 e. The molecule has 3 rings (SSSR count). The maximum absolute atomic E-state index is 6.25. The van der Waals surface area contributed by atoms with Gasteiger partial charge >= 0.3 is 0 Å². The van der Waals surface area contributed by atoms with Crippen LogP contribution in [0.1, 0.15) is 18.1 Å². The predicted molar refractivity (Wildman–Crippen MR) is 125 cm³/mol. The van der Waals surface area contributed by atoms with Gasteiger partial charge in [-0.2, -0.15) is 0 Å². The lowest BCUT2D eigenvalue weighted by atomic mass is 10.2. The Morgan fingerprint density at radius 3 is 2.45 bits per heavy atom. The summed E-state index contributed by atoms with van der Waals surface area (Å²) in [5.41, 5.74) is 2.74. The second-order valence-electron chi connectivity index (χ2n) is 6.20. The van der Waals surface area contributed by atoms with Crippen molar-refractivity contribution in [1.29, 1.82) is 0 Å². The van der Waals surface area contributed by atoms with Crippen LogP contribution >= 0.6 is 50.7 Å². The Morgan fingerprint density at radius 2 is 1.72 bits per heavy atom. The van der Waals surface area contributed by atoms with Crippen molar-refractivity contribution in [3.05, 3.63) is 85.3 Å². The molecule has 0 saturated heterocycles. The van der Waals surface area contributed by atoms with E-state index in [0.29, 0.717) is 46.3 Å². The number of rotatable bonds is 8. The van der Waals surface area contributed by atoms with Gasteiger partial charge in [0.25, 0.3) is 0 Å². The quantitative estimate of drug-likeness (QED) is 0.330. The van der Waals surface area contributed by atoms with E-state index >= 15 is 0 Å². The van der Waals surface area contributed by atoms with E-state index in [1.54, 1.807) is 12.1 Å². The second-order valence-corrected chi connectivity index (χ2v) is 8.30. The van der Waals surface area contributed by atoms with Crippen LogP contribution in [0.15, 0.2) is 59.1 Å². The molecule has 0 heterocycles. The summed E-state index contributed by atoms with van der Waals surface area (Å²) in [6.45, 7) is 3.34. The number of anilines is 1. The number of para-hydroxylation sites is 1. The number of benzene rings is 3. The summed E-state index contributed by atoms with van der Waals surface area (Å²) in [6.07, 6.45) is 0. The first-order chi connectivity index (χ1) is 14.0. The fourth-order valence-electron chi connectivity index (χ4n) is 2.72. The molecule has 7 heteroatoms. The zero-order valence-corrected chi connectivity index (χ0v) is 19.5. The highest BCUT2D eigenvalue weighted by Gasteiger charge is 2.14. The van der Waals surface area contributed by atoms with E-state index in [9.17, 15) is 0 Å². The fourth-order valence-corrected chi connectivity index (χ4v) is 3.99. The SMILES string of the molecule is CCOc1cc(CNc2ccccc2Cl)cc(Br)c1OCc1ccc(Cl)cc1Cl. The molecule has 3 aromatic rings.